The average molecular weight is 268 g/mol. The lowest BCUT2D eigenvalue weighted by Gasteiger charge is -2.26. The average Bonchev–Trinajstić information content (AvgIpc) is 2.74. The van der Waals surface area contributed by atoms with Crippen LogP contribution in [0.15, 0.2) is 6.20 Å². The summed E-state index contributed by atoms with van der Waals surface area (Å²) in [6, 6.07) is 0. The number of aryl methyl sites for hydroxylation is 1. The number of nitrogens with zero attached hydrogens (tertiary/aromatic N) is 1. The first-order chi connectivity index (χ1) is 8.58. The summed E-state index contributed by atoms with van der Waals surface area (Å²) in [5.74, 6) is -2.07. The Bertz CT molecular complexity index is 458. The fraction of sp³-hybridized carbons (Fsp3) is 0.583. The number of hydrogen-bond acceptors (Lipinski definition) is 4. The van der Waals surface area contributed by atoms with Crippen molar-refractivity contribution in [1.82, 2.24) is 4.98 Å². The third-order valence-corrected chi connectivity index (χ3v) is 4.10. The number of nitrogens with one attached hydrogen (secondary N) is 1. The molecule has 1 aliphatic carbocycles. The minimum atomic E-state index is -0.870. The first kappa shape index (κ1) is 13.0. The van der Waals surface area contributed by atoms with E-state index in [1.807, 2.05) is 6.92 Å². The van der Waals surface area contributed by atoms with Crippen LogP contribution in [0.25, 0.3) is 0 Å². The van der Waals surface area contributed by atoms with Crippen molar-refractivity contribution in [3.05, 3.63) is 11.1 Å². The zero-order valence-corrected chi connectivity index (χ0v) is 11.0. The second kappa shape index (κ2) is 5.48. The van der Waals surface area contributed by atoms with Gasteiger partial charge in [0.2, 0.25) is 5.91 Å². The number of carbonyl (C=O) groups is 2. The molecule has 0 saturated heterocycles. The van der Waals surface area contributed by atoms with Crippen LogP contribution in [-0.2, 0) is 9.59 Å². The van der Waals surface area contributed by atoms with Crippen LogP contribution in [0.5, 0.6) is 0 Å². The van der Waals surface area contributed by atoms with E-state index < -0.39 is 17.8 Å². The number of aliphatic carboxylic acids is 1. The molecule has 18 heavy (non-hydrogen) atoms. The Labute approximate surface area is 109 Å². The fourth-order valence-electron chi connectivity index (χ4n) is 2.35. The summed E-state index contributed by atoms with van der Waals surface area (Å²) >= 11 is 1.40. The molecule has 0 aliphatic heterocycles. The van der Waals surface area contributed by atoms with E-state index >= 15 is 0 Å². The molecule has 1 heterocycles. The van der Waals surface area contributed by atoms with Gasteiger partial charge in [-0.1, -0.05) is 12.8 Å². The number of amides is 1. The predicted molar refractivity (Wildman–Crippen MR) is 68.6 cm³/mol. The smallest absolute Gasteiger partial charge is 0.307 e. The predicted octanol–water partition coefficient (Wildman–Crippen LogP) is 2.28. The van der Waals surface area contributed by atoms with Crippen LogP contribution < -0.4 is 5.32 Å². The van der Waals surface area contributed by atoms with Gasteiger partial charge in [0.1, 0.15) is 0 Å². The molecule has 0 radical (unpaired) electrons. The minimum Gasteiger partial charge on any atom is -0.481 e. The summed E-state index contributed by atoms with van der Waals surface area (Å²) in [5, 5.41) is 12.4. The van der Waals surface area contributed by atoms with Gasteiger partial charge in [0.15, 0.2) is 5.13 Å². The lowest BCUT2D eigenvalue weighted by molar-refractivity contribution is -0.147. The molecule has 98 valence electrons. The van der Waals surface area contributed by atoms with Gasteiger partial charge in [-0.2, -0.15) is 0 Å². The van der Waals surface area contributed by atoms with E-state index in [4.69, 9.17) is 5.11 Å². The lowest BCUT2D eigenvalue weighted by atomic mass is 9.79. The molecule has 2 N–H and O–H groups in total. The highest BCUT2D eigenvalue weighted by molar-refractivity contribution is 7.15. The molecule has 0 spiro atoms. The summed E-state index contributed by atoms with van der Waals surface area (Å²) in [4.78, 5) is 28.3. The van der Waals surface area contributed by atoms with E-state index in [9.17, 15) is 9.59 Å². The summed E-state index contributed by atoms with van der Waals surface area (Å²) < 4.78 is 0. The molecule has 1 fully saturated rings. The number of carbonyl (C=O) groups excluding carboxylic acids is 1. The normalized spacial score (nSPS) is 23.6. The molecule has 1 aliphatic rings. The van der Waals surface area contributed by atoms with Crippen LogP contribution in [0.3, 0.4) is 0 Å². The molecule has 0 aromatic carbocycles. The Morgan fingerprint density at radius 3 is 2.61 bits per heavy atom. The highest BCUT2D eigenvalue weighted by atomic mass is 32.1. The van der Waals surface area contributed by atoms with Gasteiger partial charge in [0.25, 0.3) is 0 Å². The van der Waals surface area contributed by atoms with Crippen LogP contribution in [0, 0.1) is 18.8 Å². The third kappa shape index (κ3) is 2.87. The highest BCUT2D eigenvalue weighted by Gasteiger charge is 2.35. The van der Waals surface area contributed by atoms with Gasteiger partial charge in [0.05, 0.1) is 11.8 Å². The van der Waals surface area contributed by atoms with Gasteiger partial charge in [-0.05, 0) is 19.8 Å². The van der Waals surface area contributed by atoms with Crippen molar-refractivity contribution >= 4 is 28.3 Å². The molecule has 6 heteroatoms. The quantitative estimate of drug-likeness (QED) is 0.881. The second-order valence-corrected chi connectivity index (χ2v) is 5.84. The fourth-order valence-corrected chi connectivity index (χ4v) is 3.02. The Hall–Kier alpha value is -1.43. The molecule has 1 saturated carbocycles. The van der Waals surface area contributed by atoms with E-state index in [0.29, 0.717) is 18.0 Å². The lowest BCUT2D eigenvalue weighted by Crippen LogP contribution is -2.36. The molecule has 1 amide bonds. The molecule has 2 rings (SSSR count). The summed E-state index contributed by atoms with van der Waals surface area (Å²) in [6.45, 7) is 1.91. The second-order valence-electron chi connectivity index (χ2n) is 4.60. The molecule has 0 bridgehead atoms. The maximum Gasteiger partial charge on any atom is 0.307 e. The maximum atomic E-state index is 12.1. The van der Waals surface area contributed by atoms with Crippen molar-refractivity contribution in [3.63, 3.8) is 0 Å². The van der Waals surface area contributed by atoms with E-state index in [0.717, 1.165) is 17.7 Å². The molecule has 1 aromatic rings. The van der Waals surface area contributed by atoms with E-state index in [1.54, 1.807) is 6.20 Å². The zero-order chi connectivity index (χ0) is 13.1. The Morgan fingerprint density at radius 1 is 1.39 bits per heavy atom. The SMILES string of the molecule is Cc1cnc(NC(=O)[C@H]2CCCC[C@H]2C(=O)O)s1. The Kier molecular flexibility index (Phi) is 3.96. The van der Waals surface area contributed by atoms with Crippen molar-refractivity contribution in [2.24, 2.45) is 11.8 Å². The summed E-state index contributed by atoms with van der Waals surface area (Å²) in [7, 11) is 0. The van der Waals surface area contributed by atoms with Crippen LogP contribution in [0.2, 0.25) is 0 Å². The van der Waals surface area contributed by atoms with E-state index in [1.165, 1.54) is 11.3 Å². The Morgan fingerprint density at radius 2 is 2.06 bits per heavy atom. The molecular weight excluding hydrogens is 252 g/mol. The van der Waals surface area contributed by atoms with Crippen LogP contribution in [0.4, 0.5) is 5.13 Å². The topological polar surface area (TPSA) is 79.3 Å². The number of thiazole rings is 1. The van der Waals surface area contributed by atoms with Crippen molar-refractivity contribution in [3.8, 4) is 0 Å². The maximum absolute atomic E-state index is 12.1. The largest absolute Gasteiger partial charge is 0.481 e. The van der Waals surface area contributed by atoms with E-state index in [2.05, 4.69) is 10.3 Å². The monoisotopic (exact) mass is 268 g/mol. The molecule has 5 nitrogen and oxygen atoms in total. The van der Waals surface area contributed by atoms with Gasteiger partial charge in [-0.25, -0.2) is 4.98 Å². The van der Waals surface area contributed by atoms with Crippen LogP contribution in [0.1, 0.15) is 30.6 Å². The van der Waals surface area contributed by atoms with Gasteiger partial charge in [-0.3, -0.25) is 9.59 Å². The zero-order valence-electron chi connectivity index (χ0n) is 10.2. The van der Waals surface area contributed by atoms with Gasteiger partial charge in [-0.15, -0.1) is 11.3 Å². The third-order valence-electron chi connectivity index (χ3n) is 3.27. The van der Waals surface area contributed by atoms with Gasteiger partial charge < -0.3 is 10.4 Å². The number of aromatic nitrogens is 1. The number of carboxylic acids is 1. The molecular formula is C12H16N2O3S. The first-order valence-corrected chi connectivity index (χ1v) is 6.85. The molecule has 2 atom stereocenters. The standard InChI is InChI=1S/C12H16N2O3S/c1-7-6-13-12(18-7)14-10(15)8-4-2-3-5-9(8)11(16)17/h6,8-9H,2-5H2,1H3,(H,16,17)(H,13,14,15)/t8-,9+/m0/s1. The molecule has 1 aromatic heterocycles. The number of anilines is 1. The summed E-state index contributed by atoms with van der Waals surface area (Å²) in [6.07, 6.45) is 4.73. The van der Waals surface area contributed by atoms with E-state index in [-0.39, 0.29) is 5.91 Å². The van der Waals surface area contributed by atoms with Crippen molar-refractivity contribution in [2.45, 2.75) is 32.6 Å². The van der Waals surface area contributed by atoms with Crippen LogP contribution in [-0.4, -0.2) is 22.0 Å². The van der Waals surface area contributed by atoms with Crippen molar-refractivity contribution in [1.29, 1.82) is 0 Å². The molecule has 0 unspecified atom stereocenters. The van der Waals surface area contributed by atoms with Crippen LogP contribution >= 0.6 is 11.3 Å². The van der Waals surface area contributed by atoms with Gasteiger partial charge >= 0.3 is 5.97 Å². The Balaban J connectivity index is 2.04. The number of carboxylic acid groups (broad SMARTS) is 1. The van der Waals surface area contributed by atoms with Crippen molar-refractivity contribution in [2.75, 3.05) is 5.32 Å². The number of rotatable bonds is 3. The minimum absolute atomic E-state index is 0.212. The summed E-state index contributed by atoms with van der Waals surface area (Å²) in [5.41, 5.74) is 0. The van der Waals surface area contributed by atoms with Gasteiger partial charge in [0, 0.05) is 11.1 Å². The first-order valence-electron chi connectivity index (χ1n) is 6.04. The van der Waals surface area contributed by atoms with Crippen molar-refractivity contribution < 1.29 is 14.7 Å². The number of hydrogen-bond donors (Lipinski definition) is 2. The highest BCUT2D eigenvalue weighted by Crippen LogP contribution is 2.31.